The van der Waals surface area contributed by atoms with Crippen LogP contribution in [0, 0.1) is 0 Å². The quantitative estimate of drug-likeness (QED) is 0.713. The monoisotopic (exact) mass is 256 g/mol. The van der Waals surface area contributed by atoms with Crippen molar-refractivity contribution in [3.8, 4) is 0 Å². The lowest BCUT2D eigenvalue weighted by Gasteiger charge is -1.99. The summed E-state index contributed by atoms with van der Waals surface area (Å²) in [5.74, 6) is -0.499. The SMILES string of the molecule is CCOC(=O)c1oc2ccc3ncccc3c2c1N. The van der Waals surface area contributed by atoms with E-state index in [1.54, 1.807) is 19.2 Å². The van der Waals surface area contributed by atoms with Crippen LogP contribution in [0.25, 0.3) is 21.9 Å². The minimum atomic E-state index is -0.548. The summed E-state index contributed by atoms with van der Waals surface area (Å²) in [4.78, 5) is 16.0. The van der Waals surface area contributed by atoms with Gasteiger partial charge in [0.25, 0.3) is 0 Å². The first-order chi connectivity index (χ1) is 9.22. The molecule has 96 valence electrons. The normalized spacial score (nSPS) is 11.0. The lowest BCUT2D eigenvalue weighted by atomic mass is 10.1. The number of esters is 1. The third-order valence-corrected chi connectivity index (χ3v) is 2.93. The molecule has 0 spiro atoms. The average Bonchev–Trinajstić information content (AvgIpc) is 2.77. The zero-order chi connectivity index (χ0) is 13.4. The zero-order valence-corrected chi connectivity index (χ0v) is 10.3. The highest BCUT2D eigenvalue weighted by atomic mass is 16.5. The van der Waals surface area contributed by atoms with Crippen LogP contribution in [0.3, 0.4) is 0 Å². The maximum Gasteiger partial charge on any atom is 0.376 e. The molecule has 0 aliphatic carbocycles. The second-order valence-electron chi connectivity index (χ2n) is 4.07. The van der Waals surface area contributed by atoms with Gasteiger partial charge in [-0.2, -0.15) is 0 Å². The molecule has 3 aromatic rings. The van der Waals surface area contributed by atoms with Crippen molar-refractivity contribution < 1.29 is 13.9 Å². The lowest BCUT2D eigenvalue weighted by molar-refractivity contribution is 0.0494. The predicted octanol–water partition coefficient (Wildman–Crippen LogP) is 2.74. The topological polar surface area (TPSA) is 78.3 Å². The van der Waals surface area contributed by atoms with E-state index in [-0.39, 0.29) is 12.4 Å². The summed E-state index contributed by atoms with van der Waals surface area (Å²) in [5, 5.41) is 1.56. The number of nitrogens with zero attached hydrogens (tertiary/aromatic N) is 1. The van der Waals surface area contributed by atoms with Gasteiger partial charge < -0.3 is 14.9 Å². The molecule has 2 aromatic heterocycles. The smallest absolute Gasteiger partial charge is 0.376 e. The maximum atomic E-state index is 11.8. The van der Waals surface area contributed by atoms with E-state index < -0.39 is 5.97 Å². The van der Waals surface area contributed by atoms with E-state index in [0.717, 1.165) is 10.9 Å². The Morgan fingerprint density at radius 3 is 3.05 bits per heavy atom. The minimum Gasteiger partial charge on any atom is -0.460 e. The van der Waals surface area contributed by atoms with Gasteiger partial charge in [0.05, 0.1) is 23.2 Å². The highest BCUT2D eigenvalue weighted by molar-refractivity contribution is 6.14. The molecule has 5 nitrogen and oxygen atoms in total. The predicted molar refractivity (Wildman–Crippen MR) is 71.9 cm³/mol. The number of aromatic nitrogens is 1. The number of anilines is 1. The number of hydrogen-bond donors (Lipinski definition) is 1. The van der Waals surface area contributed by atoms with Gasteiger partial charge in [0.15, 0.2) is 0 Å². The molecular weight excluding hydrogens is 244 g/mol. The Bertz CT molecular complexity index is 777. The van der Waals surface area contributed by atoms with E-state index in [0.29, 0.717) is 16.7 Å². The molecule has 19 heavy (non-hydrogen) atoms. The summed E-state index contributed by atoms with van der Waals surface area (Å²) < 4.78 is 10.4. The minimum absolute atomic E-state index is 0.0493. The van der Waals surface area contributed by atoms with Crippen LogP contribution in [0.4, 0.5) is 5.69 Å². The molecule has 5 heteroatoms. The zero-order valence-electron chi connectivity index (χ0n) is 10.3. The Morgan fingerprint density at radius 1 is 1.42 bits per heavy atom. The van der Waals surface area contributed by atoms with Gasteiger partial charge >= 0.3 is 5.97 Å². The van der Waals surface area contributed by atoms with Gasteiger partial charge in [0.1, 0.15) is 5.58 Å². The molecule has 0 atom stereocenters. The summed E-state index contributed by atoms with van der Waals surface area (Å²) in [6.07, 6.45) is 1.71. The number of pyridine rings is 1. The van der Waals surface area contributed by atoms with Crippen LogP contribution < -0.4 is 5.73 Å². The molecule has 0 aliphatic rings. The summed E-state index contributed by atoms with van der Waals surface area (Å²) in [5.41, 5.74) is 7.67. The van der Waals surface area contributed by atoms with Gasteiger partial charge in [-0.25, -0.2) is 4.79 Å². The van der Waals surface area contributed by atoms with Crippen LogP contribution in [0.5, 0.6) is 0 Å². The fourth-order valence-electron chi connectivity index (χ4n) is 2.12. The Kier molecular flexibility index (Phi) is 2.59. The van der Waals surface area contributed by atoms with Gasteiger partial charge in [0, 0.05) is 11.6 Å². The summed E-state index contributed by atoms with van der Waals surface area (Å²) in [6, 6.07) is 7.29. The number of fused-ring (bicyclic) bond motifs is 3. The molecular formula is C14H12N2O3. The summed E-state index contributed by atoms with van der Waals surface area (Å²) in [6.45, 7) is 2.01. The van der Waals surface area contributed by atoms with E-state index in [1.807, 2.05) is 18.2 Å². The third kappa shape index (κ3) is 1.71. The number of rotatable bonds is 2. The second-order valence-corrected chi connectivity index (χ2v) is 4.07. The van der Waals surface area contributed by atoms with Crippen molar-refractivity contribution in [2.45, 2.75) is 6.92 Å². The van der Waals surface area contributed by atoms with E-state index in [1.165, 1.54) is 0 Å². The highest BCUT2D eigenvalue weighted by Gasteiger charge is 2.21. The number of nitrogens with two attached hydrogens (primary N) is 1. The Labute approximate surface area is 109 Å². The summed E-state index contributed by atoms with van der Waals surface area (Å²) >= 11 is 0. The number of carbonyl (C=O) groups is 1. The van der Waals surface area contributed by atoms with Crippen molar-refractivity contribution in [2.24, 2.45) is 0 Å². The number of ether oxygens (including phenoxy) is 1. The first kappa shape index (κ1) is 11.5. The highest BCUT2D eigenvalue weighted by Crippen LogP contribution is 2.34. The van der Waals surface area contributed by atoms with E-state index in [4.69, 9.17) is 14.9 Å². The fourth-order valence-corrected chi connectivity index (χ4v) is 2.12. The largest absolute Gasteiger partial charge is 0.460 e. The van der Waals surface area contributed by atoms with Crippen molar-refractivity contribution in [2.75, 3.05) is 12.3 Å². The van der Waals surface area contributed by atoms with Gasteiger partial charge in [-0.15, -0.1) is 0 Å². The third-order valence-electron chi connectivity index (χ3n) is 2.93. The standard InChI is InChI=1S/C14H12N2O3/c1-2-18-14(17)13-12(15)11-8-4-3-7-16-9(8)5-6-10(11)19-13/h3-7H,2,15H2,1H3. The van der Waals surface area contributed by atoms with Gasteiger partial charge in [-0.1, -0.05) is 6.07 Å². The Hall–Kier alpha value is -2.56. The first-order valence-electron chi connectivity index (χ1n) is 5.95. The van der Waals surface area contributed by atoms with E-state index in [2.05, 4.69) is 4.98 Å². The Morgan fingerprint density at radius 2 is 2.26 bits per heavy atom. The molecule has 0 saturated carbocycles. The van der Waals surface area contributed by atoms with Crippen molar-refractivity contribution in [3.63, 3.8) is 0 Å². The lowest BCUT2D eigenvalue weighted by Crippen LogP contribution is -2.05. The van der Waals surface area contributed by atoms with Crippen LogP contribution in [0.1, 0.15) is 17.5 Å². The molecule has 0 unspecified atom stereocenters. The van der Waals surface area contributed by atoms with Crippen molar-refractivity contribution in [1.29, 1.82) is 0 Å². The molecule has 2 N–H and O–H groups in total. The number of nitrogen functional groups attached to an aromatic ring is 1. The molecule has 0 aliphatic heterocycles. The first-order valence-corrected chi connectivity index (χ1v) is 5.95. The number of furan rings is 1. The molecule has 0 fully saturated rings. The molecule has 0 bridgehead atoms. The number of hydrogen-bond acceptors (Lipinski definition) is 5. The van der Waals surface area contributed by atoms with Crippen LogP contribution in [0.2, 0.25) is 0 Å². The maximum absolute atomic E-state index is 11.8. The molecule has 3 rings (SSSR count). The van der Waals surface area contributed by atoms with Crippen LogP contribution in [0.15, 0.2) is 34.9 Å². The molecule has 0 radical (unpaired) electrons. The van der Waals surface area contributed by atoms with Crippen LogP contribution >= 0.6 is 0 Å². The van der Waals surface area contributed by atoms with Crippen molar-refractivity contribution >= 4 is 33.5 Å². The molecule has 2 heterocycles. The fraction of sp³-hybridized carbons (Fsp3) is 0.143. The van der Waals surface area contributed by atoms with Gasteiger partial charge in [-0.3, -0.25) is 4.98 Å². The average molecular weight is 256 g/mol. The molecule has 0 saturated heterocycles. The van der Waals surface area contributed by atoms with Gasteiger partial charge in [-0.05, 0) is 25.1 Å². The van der Waals surface area contributed by atoms with E-state index >= 15 is 0 Å². The summed E-state index contributed by atoms with van der Waals surface area (Å²) in [7, 11) is 0. The van der Waals surface area contributed by atoms with E-state index in [9.17, 15) is 4.79 Å². The van der Waals surface area contributed by atoms with Crippen molar-refractivity contribution in [3.05, 3.63) is 36.2 Å². The van der Waals surface area contributed by atoms with Crippen LogP contribution in [-0.2, 0) is 4.74 Å². The number of carbonyl (C=O) groups excluding carboxylic acids is 1. The molecule has 0 amide bonds. The number of benzene rings is 1. The van der Waals surface area contributed by atoms with Crippen LogP contribution in [-0.4, -0.2) is 17.6 Å². The second kappa shape index (κ2) is 4.28. The molecule has 1 aromatic carbocycles. The van der Waals surface area contributed by atoms with Gasteiger partial charge in [0.2, 0.25) is 5.76 Å². The Balaban J connectivity index is 2.32. The van der Waals surface area contributed by atoms with Crippen molar-refractivity contribution in [1.82, 2.24) is 4.98 Å².